The Kier molecular flexibility index (Phi) is 7.61. The van der Waals surface area contributed by atoms with Crippen LogP contribution in [0.2, 0.25) is 0 Å². The zero-order chi connectivity index (χ0) is 21.5. The van der Waals surface area contributed by atoms with E-state index in [9.17, 15) is 4.79 Å². The number of hydrogen-bond acceptors (Lipinski definition) is 8. The van der Waals surface area contributed by atoms with Crippen molar-refractivity contribution in [3.63, 3.8) is 0 Å². The Labute approximate surface area is 185 Å². The molecule has 9 heteroatoms. The summed E-state index contributed by atoms with van der Waals surface area (Å²) >= 11 is 1.72. The number of amides is 1. The van der Waals surface area contributed by atoms with Gasteiger partial charge in [0.05, 0.1) is 27.9 Å². The van der Waals surface area contributed by atoms with E-state index in [2.05, 4.69) is 21.2 Å². The predicted molar refractivity (Wildman–Crippen MR) is 117 cm³/mol. The molecule has 1 saturated heterocycles. The largest absolute Gasteiger partial charge is 0.376 e. The summed E-state index contributed by atoms with van der Waals surface area (Å²) in [7, 11) is 1.59. The molecule has 4 rings (SSSR count). The molecule has 1 atom stereocenters. The number of thiazole rings is 1. The minimum absolute atomic E-state index is 0.0623. The Hall–Kier alpha value is -2.36. The summed E-state index contributed by atoms with van der Waals surface area (Å²) in [6, 6.07) is 8.16. The topological polar surface area (TPSA) is 90.6 Å². The molecule has 31 heavy (non-hydrogen) atoms. The van der Waals surface area contributed by atoms with Gasteiger partial charge in [0.2, 0.25) is 5.91 Å². The van der Waals surface area contributed by atoms with Crippen molar-refractivity contribution < 1.29 is 18.8 Å². The maximum absolute atomic E-state index is 12.7. The third kappa shape index (κ3) is 6.09. The van der Waals surface area contributed by atoms with Gasteiger partial charge in [-0.05, 0) is 37.8 Å². The van der Waals surface area contributed by atoms with Gasteiger partial charge in [-0.15, -0.1) is 11.3 Å². The molecule has 0 aliphatic carbocycles. The molecule has 1 aliphatic rings. The average Bonchev–Trinajstić information content (AvgIpc) is 3.40. The number of rotatable bonds is 10. The molecule has 2 aromatic heterocycles. The minimum atomic E-state index is 0.0623. The van der Waals surface area contributed by atoms with Gasteiger partial charge in [-0.1, -0.05) is 17.3 Å². The number of hydrogen-bond donors (Lipinski definition) is 0. The van der Waals surface area contributed by atoms with Gasteiger partial charge in [0.15, 0.2) is 5.82 Å². The molecule has 3 aromatic rings. The molecular formula is C22H28N4O4S. The second kappa shape index (κ2) is 10.8. The number of fused-ring (bicyclic) bond motifs is 1. The maximum atomic E-state index is 12.7. The van der Waals surface area contributed by atoms with Crippen molar-refractivity contribution in [1.82, 2.24) is 20.0 Å². The van der Waals surface area contributed by atoms with Crippen LogP contribution in [0.15, 0.2) is 28.8 Å². The Morgan fingerprint density at radius 2 is 2.19 bits per heavy atom. The Balaban J connectivity index is 1.17. The van der Waals surface area contributed by atoms with Gasteiger partial charge in [0, 0.05) is 33.0 Å². The first kappa shape index (κ1) is 21.9. The van der Waals surface area contributed by atoms with Crippen LogP contribution in [0.1, 0.15) is 42.4 Å². The molecule has 0 spiro atoms. The van der Waals surface area contributed by atoms with Crippen molar-refractivity contribution in [3.8, 4) is 0 Å². The molecule has 1 unspecified atom stereocenters. The minimum Gasteiger partial charge on any atom is -0.376 e. The molecule has 1 aliphatic heterocycles. The summed E-state index contributed by atoms with van der Waals surface area (Å²) in [5, 5.41) is 5.02. The summed E-state index contributed by atoms with van der Waals surface area (Å²) in [5.74, 6) is 1.29. The molecule has 3 heterocycles. The number of benzene rings is 1. The summed E-state index contributed by atoms with van der Waals surface area (Å²) in [6.45, 7) is 2.29. The molecule has 8 nitrogen and oxygen atoms in total. The summed E-state index contributed by atoms with van der Waals surface area (Å²) in [6.07, 6.45) is 4.79. The number of methoxy groups -OCH3 is 1. The Bertz CT molecular complexity index is 956. The molecular weight excluding hydrogens is 416 g/mol. The number of aromatic nitrogens is 3. The van der Waals surface area contributed by atoms with E-state index in [0.717, 1.165) is 42.8 Å². The normalized spacial score (nSPS) is 16.8. The molecule has 0 N–H and O–H groups in total. The van der Waals surface area contributed by atoms with Crippen molar-refractivity contribution >= 4 is 27.5 Å². The highest BCUT2D eigenvalue weighted by atomic mass is 32.1. The number of carbonyl (C=O) groups excluding carboxylic acids is 1. The van der Waals surface area contributed by atoms with Crippen LogP contribution in [0.25, 0.3) is 10.2 Å². The van der Waals surface area contributed by atoms with E-state index in [1.807, 2.05) is 23.1 Å². The van der Waals surface area contributed by atoms with Gasteiger partial charge in [0.1, 0.15) is 6.61 Å². The van der Waals surface area contributed by atoms with E-state index >= 15 is 0 Å². The highest BCUT2D eigenvalue weighted by molar-refractivity contribution is 7.18. The highest BCUT2D eigenvalue weighted by Crippen LogP contribution is 2.23. The second-order valence-electron chi connectivity index (χ2n) is 7.69. The van der Waals surface area contributed by atoms with E-state index in [1.54, 1.807) is 18.4 Å². The smallest absolute Gasteiger partial charge is 0.252 e. The fourth-order valence-corrected chi connectivity index (χ4v) is 4.78. The van der Waals surface area contributed by atoms with Crippen LogP contribution in [0.5, 0.6) is 0 Å². The average molecular weight is 445 g/mol. The molecule has 166 valence electrons. The Morgan fingerprint density at radius 1 is 1.29 bits per heavy atom. The number of likely N-dealkylation sites (tertiary alicyclic amines) is 1. The number of aryl methyl sites for hydroxylation is 1. The lowest BCUT2D eigenvalue weighted by Gasteiger charge is -2.32. The lowest BCUT2D eigenvalue weighted by atomic mass is 10.1. The van der Waals surface area contributed by atoms with Crippen molar-refractivity contribution in [2.45, 2.75) is 51.2 Å². The lowest BCUT2D eigenvalue weighted by molar-refractivity contribution is -0.135. The summed E-state index contributed by atoms with van der Waals surface area (Å²) in [5.41, 5.74) is 1.04. The molecule has 0 radical (unpaired) electrons. The number of ether oxygens (including phenoxy) is 2. The van der Waals surface area contributed by atoms with Gasteiger partial charge in [0.25, 0.3) is 5.89 Å². The first-order valence-corrected chi connectivity index (χ1v) is 11.6. The zero-order valence-corrected chi connectivity index (χ0v) is 18.6. The van der Waals surface area contributed by atoms with Gasteiger partial charge < -0.3 is 18.9 Å². The zero-order valence-electron chi connectivity index (χ0n) is 17.8. The van der Waals surface area contributed by atoms with Crippen molar-refractivity contribution in [2.24, 2.45) is 0 Å². The first-order valence-electron chi connectivity index (χ1n) is 10.8. The lowest BCUT2D eigenvalue weighted by Crippen LogP contribution is -2.43. The molecule has 0 saturated carbocycles. The van der Waals surface area contributed by atoms with Crippen LogP contribution >= 0.6 is 11.3 Å². The Morgan fingerprint density at radius 3 is 3.06 bits per heavy atom. The second-order valence-corrected chi connectivity index (χ2v) is 8.81. The van der Waals surface area contributed by atoms with Gasteiger partial charge in [-0.2, -0.15) is 4.98 Å². The number of carbonyl (C=O) groups is 1. The quantitative estimate of drug-likeness (QED) is 0.473. The highest BCUT2D eigenvalue weighted by Gasteiger charge is 2.24. The van der Waals surface area contributed by atoms with Gasteiger partial charge >= 0.3 is 0 Å². The number of piperidine rings is 1. The number of para-hydroxylation sites is 1. The molecule has 1 amide bonds. The van der Waals surface area contributed by atoms with Crippen LogP contribution in [0, 0.1) is 0 Å². The van der Waals surface area contributed by atoms with E-state index in [4.69, 9.17) is 14.0 Å². The van der Waals surface area contributed by atoms with Crippen LogP contribution in [0.3, 0.4) is 0 Å². The van der Waals surface area contributed by atoms with Gasteiger partial charge in [-0.25, -0.2) is 4.98 Å². The van der Waals surface area contributed by atoms with Crippen LogP contribution in [-0.2, 0) is 33.7 Å². The van der Waals surface area contributed by atoms with Crippen LogP contribution in [-0.4, -0.2) is 58.8 Å². The number of nitrogens with zero attached hydrogens (tertiary/aromatic N) is 4. The fraction of sp³-hybridized carbons (Fsp3) is 0.545. The summed E-state index contributed by atoms with van der Waals surface area (Å²) < 4.78 is 17.3. The third-order valence-corrected chi connectivity index (χ3v) is 6.40. The molecule has 1 fully saturated rings. The monoisotopic (exact) mass is 444 g/mol. The molecule has 0 bridgehead atoms. The SMILES string of the molecule is COCc1nc(CCOC2CCCN(C(=O)CCCc3nc4ccccc4s3)C2)no1. The van der Waals surface area contributed by atoms with E-state index in [-0.39, 0.29) is 12.0 Å². The van der Waals surface area contributed by atoms with Crippen LogP contribution < -0.4 is 0 Å². The van der Waals surface area contributed by atoms with E-state index in [1.165, 1.54) is 4.70 Å². The summed E-state index contributed by atoms with van der Waals surface area (Å²) in [4.78, 5) is 23.5. The van der Waals surface area contributed by atoms with Crippen molar-refractivity contribution in [1.29, 1.82) is 0 Å². The van der Waals surface area contributed by atoms with Gasteiger partial charge in [-0.3, -0.25) is 4.79 Å². The van der Waals surface area contributed by atoms with Crippen molar-refractivity contribution in [2.75, 3.05) is 26.8 Å². The standard InChI is InChI=1S/C22H28N4O4S/c1-28-15-20-24-19(25-30-20)11-13-29-16-6-5-12-26(14-16)22(27)10-4-9-21-23-17-7-2-3-8-18(17)31-21/h2-3,7-8,16H,4-6,9-15H2,1H3. The fourth-order valence-electron chi connectivity index (χ4n) is 3.77. The van der Waals surface area contributed by atoms with E-state index in [0.29, 0.717) is 44.3 Å². The van der Waals surface area contributed by atoms with Crippen LogP contribution in [0.4, 0.5) is 0 Å². The maximum Gasteiger partial charge on any atom is 0.252 e. The third-order valence-electron chi connectivity index (χ3n) is 5.31. The van der Waals surface area contributed by atoms with Crippen molar-refractivity contribution in [3.05, 3.63) is 41.0 Å². The predicted octanol–water partition coefficient (Wildman–Crippen LogP) is 3.40. The first-order chi connectivity index (χ1) is 15.2. The molecule has 1 aromatic carbocycles. The van der Waals surface area contributed by atoms with E-state index < -0.39 is 0 Å².